The molecule has 1 aromatic carbocycles. The van der Waals surface area contributed by atoms with E-state index >= 15 is 0 Å². The number of rotatable bonds is 5. The van der Waals surface area contributed by atoms with Crippen LogP contribution in [-0.2, 0) is 0 Å². The average molecular weight is 421 g/mol. The van der Waals surface area contributed by atoms with Crippen molar-refractivity contribution in [1.29, 1.82) is 0 Å². The summed E-state index contributed by atoms with van der Waals surface area (Å²) < 4.78 is 27.7. The Balaban J connectivity index is 1.51. The molecule has 1 fully saturated rings. The Hall–Kier alpha value is -3.23. The fourth-order valence-electron chi connectivity index (χ4n) is 4.00. The summed E-state index contributed by atoms with van der Waals surface area (Å²) >= 11 is 0. The summed E-state index contributed by atoms with van der Waals surface area (Å²) in [6, 6.07) is 15.8. The number of alkyl halides is 2. The van der Waals surface area contributed by atoms with Crippen LogP contribution in [0.25, 0.3) is 28.0 Å². The molecule has 31 heavy (non-hydrogen) atoms. The molecule has 0 bridgehead atoms. The fraction of sp³-hybridized carbons (Fsp3) is 0.261. The SMILES string of the molecule is N[C@H](c1cccc(-c2ccc3cnn(-c4cccc(C(F)F)n4)c3c2)n1)[C@H]1C[C@@H](O)C1. The summed E-state index contributed by atoms with van der Waals surface area (Å²) in [5.74, 6) is 0.562. The third-order valence-electron chi connectivity index (χ3n) is 5.83. The van der Waals surface area contributed by atoms with Gasteiger partial charge in [-0.25, -0.2) is 18.4 Å². The lowest BCUT2D eigenvalue weighted by molar-refractivity contribution is 0.0302. The van der Waals surface area contributed by atoms with Gasteiger partial charge in [0.25, 0.3) is 6.43 Å². The van der Waals surface area contributed by atoms with Crippen LogP contribution in [0.1, 0.15) is 36.7 Å². The molecule has 1 aliphatic carbocycles. The maximum Gasteiger partial charge on any atom is 0.280 e. The minimum absolute atomic E-state index is 0.223. The van der Waals surface area contributed by atoms with Gasteiger partial charge >= 0.3 is 0 Å². The van der Waals surface area contributed by atoms with Gasteiger partial charge in [0.2, 0.25) is 0 Å². The topological polar surface area (TPSA) is 89.9 Å². The van der Waals surface area contributed by atoms with Crippen LogP contribution in [0.2, 0.25) is 0 Å². The Labute approximate surface area is 177 Å². The lowest BCUT2D eigenvalue weighted by Gasteiger charge is -2.35. The van der Waals surface area contributed by atoms with Crippen molar-refractivity contribution >= 4 is 10.9 Å². The fourth-order valence-corrected chi connectivity index (χ4v) is 4.00. The third-order valence-corrected chi connectivity index (χ3v) is 5.83. The van der Waals surface area contributed by atoms with Crippen LogP contribution in [-0.4, -0.2) is 31.0 Å². The quantitative estimate of drug-likeness (QED) is 0.504. The van der Waals surface area contributed by atoms with Crippen LogP contribution in [0.5, 0.6) is 0 Å². The number of nitrogens with two attached hydrogens (primary N) is 1. The van der Waals surface area contributed by atoms with Crippen molar-refractivity contribution in [2.45, 2.75) is 31.4 Å². The summed E-state index contributed by atoms with van der Waals surface area (Å²) in [7, 11) is 0. The number of hydrogen-bond acceptors (Lipinski definition) is 5. The highest BCUT2D eigenvalue weighted by molar-refractivity contribution is 5.84. The largest absolute Gasteiger partial charge is 0.393 e. The van der Waals surface area contributed by atoms with Crippen LogP contribution in [0.15, 0.2) is 60.8 Å². The number of aromatic nitrogens is 4. The highest BCUT2D eigenvalue weighted by atomic mass is 19.3. The zero-order valence-corrected chi connectivity index (χ0v) is 16.6. The highest BCUT2D eigenvalue weighted by Crippen LogP contribution is 2.36. The maximum atomic E-state index is 13.1. The minimum atomic E-state index is -2.65. The predicted molar refractivity (Wildman–Crippen MR) is 113 cm³/mol. The molecule has 4 aromatic rings. The number of aliphatic hydroxyl groups is 1. The Morgan fingerprint density at radius 2 is 1.77 bits per heavy atom. The van der Waals surface area contributed by atoms with E-state index in [1.807, 2.05) is 36.4 Å². The molecule has 1 saturated carbocycles. The molecule has 5 rings (SSSR count). The van der Waals surface area contributed by atoms with E-state index in [-0.39, 0.29) is 23.8 Å². The average Bonchev–Trinajstić information content (AvgIpc) is 3.20. The summed E-state index contributed by atoms with van der Waals surface area (Å²) in [5, 5.41) is 14.8. The van der Waals surface area contributed by atoms with Gasteiger partial charge in [-0.3, -0.25) is 4.98 Å². The van der Waals surface area contributed by atoms with Crippen LogP contribution < -0.4 is 5.73 Å². The molecule has 0 aliphatic heterocycles. The van der Waals surface area contributed by atoms with Crippen molar-refractivity contribution in [1.82, 2.24) is 19.7 Å². The molecule has 0 spiro atoms. The molecule has 0 radical (unpaired) electrons. The van der Waals surface area contributed by atoms with Crippen molar-refractivity contribution in [2.24, 2.45) is 11.7 Å². The molecular formula is C23H21F2N5O. The first-order valence-electron chi connectivity index (χ1n) is 10.1. The highest BCUT2D eigenvalue weighted by Gasteiger charge is 2.33. The molecular weight excluding hydrogens is 400 g/mol. The lowest BCUT2D eigenvalue weighted by Crippen LogP contribution is -2.36. The first kappa shape index (κ1) is 19.7. The molecule has 1 aliphatic rings. The molecule has 3 aromatic heterocycles. The number of benzene rings is 1. The van der Waals surface area contributed by atoms with Crippen molar-refractivity contribution in [2.75, 3.05) is 0 Å². The van der Waals surface area contributed by atoms with Gasteiger partial charge in [-0.1, -0.05) is 24.3 Å². The summed E-state index contributed by atoms with van der Waals surface area (Å²) in [5.41, 5.74) is 9.23. The Kier molecular flexibility index (Phi) is 4.95. The number of halogens is 2. The summed E-state index contributed by atoms with van der Waals surface area (Å²) in [4.78, 5) is 8.79. The predicted octanol–water partition coefficient (Wildman–Crippen LogP) is 4.19. The smallest absolute Gasteiger partial charge is 0.280 e. The maximum absolute atomic E-state index is 13.1. The van der Waals surface area contributed by atoms with E-state index in [2.05, 4.69) is 10.1 Å². The lowest BCUT2D eigenvalue weighted by atomic mass is 9.76. The van der Waals surface area contributed by atoms with Crippen molar-refractivity contribution in [3.63, 3.8) is 0 Å². The van der Waals surface area contributed by atoms with Gasteiger partial charge in [-0.15, -0.1) is 0 Å². The van der Waals surface area contributed by atoms with E-state index in [1.54, 1.807) is 23.0 Å². The summed E-state index contributed by atoms with van der Waals surface area (Å²) in [6.45, 7) is 0. The number of aliphatic hydroxyl groups excluding tert-OH is 1. The number of hydrogen-bond donors (Lipinski definition) is 2. The third kappa shape index (κ3) is 3.68. The first-order valence-corrected chi connectivity index (χ1v) is 10.1. The number of fused-ring (bicyclic) bond motifs is 1. The normalized spacial score (nSPS) is 19.5. The first-order chi connectivity index (χ1) is 15.0. The Morgan fingerprint density at radius 1 is 1.00 bits per heavy atom. The second kappa shape index (κ2) is 7.79. The van der Waals surface area contributed by atoms with Crippen molar-refractivity contribution < 1.29 is 13.9 Å². The van der Waals surface area contributed by atoms with Crippen LogP contribution >= 0.6 is 0 Å². The zero-order valence-electron chi connectivity index (χ0n) is 16.6. The molecule has 0 unspecified atom stereocenters. The zero-order chi connectivity index (χ0) is 21.5. The van der Waals surface area contributed by atoms with Gasteiger partial charge in [0.15, 0.2) is 5.82 Å². The van der Waals surface area contributed by atoms with Crippen LogP contribution in [0, 0.1) is 5.92 Å². The van der Waals surface area contributed by atoms with Gasteiger partial charge in [-0.2, -0.15) is 5.10 Å². The summed E-state index contributed by atoms with van der Waals surface area (Å²) in [6.07, 6.45) is 0.160. The van der Waals surface area contributed by atoms with Crippen LogP contribution in [0.3, 0.4) is 0 Å². The molecule has 8 heteroatoms. The van der Waals surface area contributed by atoms with Gasteiger partial charge < -0.3 is 10.8 Å². The van der Waals surface area contributed by atoms with Crippen LogP contribution in [0.4, 0.5) is 8.78 Å². The molecule has 0 amide bonds. The molecule has 3 N–H and O–H groups in total. The van der Waals surface area contributed by atoms with Crippen molar-refractivity contribution in [3.8, 4) is 17.1 Å². The van der Waals surface area contributed by atoms with Gasteiger partial charge in [0.05, 0.1) is 35.2 Å². The van der Waals surface area contributed by atoms with Crippen molar-refractivity contribution in [3.05, 3.63) is 72.2 Å². The van der Waals surface area contributed by atoms with Gasteiger partial charge in [0, 0.05) is 10.9 Å². The minimum Gasteiger partial charge on any atom is -0.393 e. The monoisotopic (exact) mass is 421 g/mol. The van der Waals surface area contributed by atoms with Gasteiger partial charge in [-0.05, 0) is 49.1 Å². The van der Waals surface area contributed by atoms with E-state index in [9.17, 15) is 13.9 Å². The molecule has 3 heterocycles. The second-order valence-corrected chi connectivity index (χ2v) is 7.91. The Bertz CT molecular complexity index is 1240. The van der Waals surface area contributed by atoms with E-state index in [0.717, 1.165) is 27.9 Å². The Morgan fingerprint density at radius 3 is 2.55 bits per heavy atom. The molecule has 158 valence electrons. The molecule has 0 saturated heterocycles. The number of pyridine rings is 2. The molecule has 1 atom stereocenters. The van der Waals surface area contributed by atoms with Gasteiger partial charge in [0.1, 0.15) is 5.69 Å². The van der Waals surface area contributed by atoms with E-state index < -0.39 is 6.43 Å². The van der Waals surface area contributed by atoms with E-state index in [0.29, 0.717) is 18.7 Å². The number of nitrogens with zero attached hydrogens (tertiary/aromatic N) is 4. The molecule has 6 nitrogen and oxygen atoms in total. The standard InChI is InChI=1S/C23H21F2N5O/c24-23(25)19-5-2-6-21(29-19)30-20-11-13(7-8-14(20)12-27-30)17-3-1-4-18(28-17)22(26)15-9-16(31)10-15/h1-8,11-12,15-16,22-23,31H,9-10,26H2/t15-,16+,22-/m0/s1. The van der Waals surface area contributed by atoms with E-state index in [4.69, 9.17) is 10.7 Å². The second-order valence-electron chi connectivity index (χ2n) is 7.91. The van der Waals surface area contributed by atoms with E-state index in [1.165, 1.54) is 6.07 Å².